The van der Waals surface area contributed by atoms with Gasteiger partial charge in [-0.05, 0) is 87.1 Å². The number of aromatic nitrogens is 1. The van der Waals surface area contributed by atoms with Gasteiger partial charge in [0.25, 0.3) is 5.91 Å². The summed E-state index contributed by atoms with van der Waals surface area (Å²) in [7, 11) is -3.41. The van der Waals surface area contributed by atoms with Crippen molar-refractivity contribution in [3.8, 4) is 0 Å². The van der Waals surface area contributed by atoms with Crippen LogP contribution in [0.4, 0.5) is 17.3 Å². The van der Waals surface area contributed by atoms with Gasteiger partial charge in [-0.15, -0.1) is 0 Å². The number of rotatable bonds is 7. The van der Waals surface area contributed by atoms with Gasteiger partial charge in [-0.2, -0.15) is 0 Å². The molecule has 2 heterocycles. The Morgan fingerprint density at radius 1 is 1.00 bits per heavy atom. The summed E-state index contributed by atoms with van der Waals surface area (Å²) in [6.07, 6.45) is 9.40. The van der Waals surface area contributed by atoms with Crippen LogP contribution in [0.3, 0.4) is 0 Å². The van der Waals surface area contributed by atoms with Crippen molar-refractivity contribution in [2.24, 2.45) is 5.41 Å². The highest BCUT2D eigenvalue weighted by molar-refractivity contribution is 7.92. The largest absolute Gasteiger partial charge is 0.391 e. The standard InChI is InChI=1S/C28H36N4O4S/c33-24-10-9-23(24)30-25-11-8-22(26(31-25)32-16-14-28(12-13-28)15-17-32)27(34)29-19-4-3-7-21(18-19)37(35,36)20-5-1-2-6-20/h3-4,7-8,11,18,20,23-24,33H,1-2,5-6,9-10,12-17H2,(H,29,34)(H,30,31)/t23-,24-/m1/s1. The molecule has 1 saturated heterocycles. The molecule has 3 saturated carbocycles. The first-order valence-electron chi connectivity index (χ1n) is 13.7. The molecule has 0 bridgehead atoms. The van der Waals surface area contributed by atoms with Crippen molar-refractivity contribution in [3.05, 3.63) is 42.0 Å². The third kappa shape index (κ3) is 4.95. The molecular formula is C28H36N4O4S. The van der Waals surface area contributed by atoms with Crippen LogP contribution in [0, 0.1) is 5.41 Å². The molecule has 198 valence electrons. The van der Waals surface area contributed by atoms with Crippen LogP contribution in [0.5, 0.6) is 0 Å². The Morgan fingerprint density at radius 2 is 1.76 bits per heavy atom. The molecule has 1 aliphatic heterocycles. The second-order valence-electron chi connectivity index (χ2n) is 11.4. The number of hydrogen-bond acceptors (Lipinski definition) is 7. The number of nitrogens with one attached hydrogen (secondary N) is 2. The minimum Gasteiger partial charge on any atom is -0.391 e. The molecule has 8 nitrogen and oxygen atoms in total. The maximum absolute atomic E-state index is 13.5. The molecule has 1 aromatic heterocycles. The van der Waals surface area contributed by atoms with E-state index >= 15 is 0 Å². The molecule has 2 atom stereocenters. The lowest BCUT2D eigenvalue weighted by Gasteiger charge is -2.35. The van der Waals surface area contributed by atoms with E-state index in [-0.39, 0.29) is 28.2 Å². The number of sulfone groups is 1. The minimum atomic E-state index is -3.41. The number of anilines is 3. The topological polar surface area (TPSA) is 112 Å². The minimum absolute atomic E-state index is 0.0133. The molecule has 3 aliphatic carbocycles. The molecular weight excluding hydrogens is 488 g/mol. The summed E-state index contributed by atoms with van der Waals surface area (Å²) < 4.78 is 26.2. The summed E-state index contributed by atoms with van der Waals surface area (Å²) in [6, 6.07) is 10.2. The Hall–Kier alpha value is -2.65. The fourth-order valence-corrected chi connectivity index (χ4v) is 7.90. The Morgan fingerprint density at radius 3 is 2.41 bits per heavy atom. The average Bonchev–Trinajstić information content (AvgIpc) is 3.40. The maximum Gasteiger partial charge on any atom is 0.259 e. The first-order valence-corrected chi connectivity index (χ1v) is 15.2. The Balaban J connectivity index is 1.24. The van der Waals surface area contributed by atoms with Crippen LogP contribution in [0.2, 0.25) is 0 Å². The van der Waals surface area contributed by atoms with Crippen LogP contribution < -0.4 is 15.5 Å². The smallest absolute Gasteiger partial charge is 0.259 e. The molecule has 1 spiro atoms. The number of aliphatic hydroxyl groups excluding tert-OH is 1. The van der Waals surface area contributed by atoms with E-state index in [9.17, 15) is 18.3 Å². The number of aliphatic hydroxyl groups is 1. The highest BCUT2D eigenvalue weighted by Gasteiger charge is 2.45. The molecule has 0 unspecified atom stereocenters. The second-order valence-corrected chi connectivity index (χ2v) is 13.6. The highest BCUT2D eigenvalue weighted by Crippen LogP contribution is 2.54. The van der Waals surface area contributed by atoms with Crippen molar-refractivity contribution >= 4 is 33.1 Å². The van der Waals surface area contributed by atoms with Gasteiger partial charge in [0.2, 0.25) is 0 Å². The van der Waals surface area contributed by atoms with Crippen molar-refractivity contribution in [2.75, 3.05) is 28.6 Å². The van der Waals surface area contributed by atoms with Crippen LogP contribution in [0.25, 0.3) is 0 Å². The average molecular weight is 525 g/mol. The van der Waals surface area contributed by atoms with Crippen LogP contribution in [0.15, 0.2) is 41.3 Å². The van der Waals surface area contributed by atoms with E-state index in [1.54, 1.807) is 36.4 Å². The zero-order valence-electron chi connectivity index (χ0n) is 21.2. The van der Waals surface area contributed by atoms with Crippen LogP contribution >= 0.6 is 0 Å². The number of pyridine rings is 1. The van der Waals surface area contributed by atoms with E-state index in [1.807, 2.05) is 0 Å². The summed E-state index contributed by atoms with van der Waals surface area (Å²) in [5, 5.41) is 15.9. The zero-order valence-corrected chi connectivity index (χ0v) is 22.0. The molecule has 9 heteroatoms. The Labute approximate surface area is 218 Å². The van der Waals surface area contributed by atoms with Crippen LogP contribution in [0.1, 0.15) is 74.6 Å². The van der Waals surface area contributed by atoms with Crippen LogP contribution in [-0.4, -0.2) is 54.9 Å². The number of nitrogens with zero attached hydrogens (tertiary/aromatic N) is 2. The van der Waals surface area contributed by atoms with Crippen molar-refractivity contribution < 1.29 is 18.3 Å². The van der Waals surface area contributed by atoms with Gasteiger partial charge in [-0.1, -0.05) is 18.9 Å². The number of piperidine rings is 1. The van der Waals surface area contributed by atoms with Crippen LogP contribution in [-0.2, 0) is 9.84 Å². The third-order valence-electron chi connectivity index (χ3n) is 8.93. The lowest BCUT2D eigenvalue weighted by molar-refractivity contribution is 0.0784. The highest BCUT2D eigenvalue weighted by atomic mass is 32.2. The SMILES string of the molecule is O=C(Nc1cccc(S(=O)(=O)C2CCCC2)c1)c1ccc(N[C@@H]2CC[C@H]2O)nc1N1CCC2(CC1)CC2. The molecule has 4 fully saturated rings. The summed E-state index contributed by atoms with van der Waals surface area (Å²) in [4.78, 5) is 20.8. The molecule has 3 N–H and O–H groups in total. The fourth-order valence-electron chi connectivity index (χ4n) is 6.00. The van der Waals surface area contributed by atoms with E-state index in [4.69, 9.17) is 4.98 Å². The molecule has 6 rings (SSSR count). The lowest BCUT2D eigenvalue weighted by atomic mass is 9.89. The molecule has 1 amide bonds. The van der Waals surface area contributed by atoms with Crippen molar-refractivity contribution in [3.63, 3.8) is 0 Å². The van der Waals surface area contributed by atoms with Gasteiger partial charge in [0.1, 0.15) is 11.6 Å². The number of hydrogen-bond donors (Lipinski definition) is 3. The molecule has 1 aromatic carbocycles. The first kappa shape index (κ1) is 24.7. The quantitative estimate of drug-likeness (QED) is 0.493. The number of carbonyl (C=O) groups excluding carboxylic acids is 1. The normalized spacial score (nSPS) is 25.1. The monoisotopic (exact) mass is 524 g/mol. The van der Waals surface area contributed by atoms with E-state index in [2.05, 4.69) is 15.5 Å². The Kier molecular flexibility index (Phi) is 6.39. The second kappa shape index (κ2) is 9.58. The van der Waals surface area contributed by atoms with Gasteiger partial charge in [-0.25, -0.2) is 13.4 Å². The summed E-state index contributed by atoms with van der Waals surface area (Å²) in [5.41, 5.74) is 1.43. The third-order valence-corrected chi connectivity index (χ3v) is 11.2. The van der Waals surface area contributed by atoms with Crippen molar-refractivity contribution in [2.45, 2.75) is 86.5 Å². The molecule has 37 heavy (non-hydrogen) atoms. The Bertz CT molecular complexity index is 1280. The van der Waals surface area contributed by atoms with E-state index < -0.39 is 9.84 Å². The predicted octanol–water partition coefficient (Wildman–Crippen LogP) is 4.37. The number of carbonyl (C=O) groups is 1. The van der Waals surface area contributed by atoms with E-state index in [0.29, 0.717) is 41.1 Å². The van der Waals surface area contributed by atoms with Gasteiger partial charge in [0.05, 0.1) is 27.9 Å². The van der Waals surface area contributed by atoms with Gasteiger partial charge < -0.3 is 20.6 Å². The molecule has 4 aliphatic rings. The zero-order chi connectivity index (χ0) is 25.6. The van der Waals surface area contributed by atoms with Gasteiger partial charge in [-0.3, -0.25) is 4.79 Å². The molecule has 0 radical (unpaired) electrons. The summed E-state index contributed by atoms with van der Waals surface area (Å²) in [6.45, 7) is 1.72. The fraction of sp³-hybridized carbons (Fsp3) is 0.571. The van der Waals surface area contributed by atoms with Crippen molar-refractivity contribution in [1.82, 2.24) is 4.98 Å². The van der Waals surface area contributed by atoms with Gasteiger partial charge >= 0.3 is 0 Å². The molecule has 2 aromatic rings. The van der Waals surface area contributed by atoms with Gasteiger partial charge in [0.15, 0.2) is 9.84 Å². The lowest BCUT2D eigenvalue weighted by Crippen LogP contribution is -2.43. The van der Waals surface area contributed by atoms with E-state index in [0.717, 1.165) is 51.6 Å². The van der Waals surface area contributed by atoms with Gasteiger partial charge in [0, 0.05) is 18.8 Å². The van der Waals surface area contributed by atoms with Crippen molar-refractivity contribution in [1.29, 1.82) is 0 Å². The van der Waals surface area contributed by atoms with E-state index in [1.165, 1.54) is 12.8 Å². The predicted molar refractivity (Wildman–Crippen MR) is 144 cm³/mol. The number of benzene rings is 1. The first-order chi connectivity index (χ1) is 17.8. The summed E-state index contributed by atoms with van der Waals surface area (Å²) in [5.74, 6) is 0.994. The maximum atomic E-state index is 13.5. The summed E-state index contributed by atoms with van der Waals surface area (Å²) >= 11 is 0. The number of amides is 1.